The number of carbonyl (C=O) groups is 1. The lowest BCUT2D eigenvalue weighted by Crippen LogP contribution is -2.27. The van der Waals surface area contributed by atoms with Gasteiger partial charge < -0.3 is 4.90 Å². The summed E-state index contributed by atoms with van der Waals surface area (Å²) in [5.41, 5.74) is 1.35. The Morgan fingerprint density at radius 1 is 1.04 bits per heavy atom. The Labute approximate surface area is 159 Å². The average molecular weight is 381 g/mol. The number of terminal acetylenes is 1. The third kappa shape index (κ3) is 4.01. The van der Waals surface area contributed by atoms with Gasteiger partial charge in [0.1, 0.15) is 5.69 Å². The number of alkyl halides is 3. The van der Waals surface area contributed by atoms with Crippen LogP contribution in [0.4, 0.5) is 18.9 Å². The highest BCUT2D eigenvalue weighted by Gasteiger charge is 2.30. The molecule has 28 heavy (non-hydrogen) atoms. The van der Waals surface area contributed by atoms with Crippen LogP contribution in [0.25, 0.3) is 11.3 Å². The van der Waals surface area contributed by atoms with Crippen molar-refractivity contribution in [3.63, 3.8) is 0 Å². The highest BCUT2D eigenvalue weighted by molar-refractivity contribution is 6.04. The summed E-state index contributed by atoms with van der Waals surface area (Å²) in [6.07, 6.45) is 3.60. The molecular formula is C21H14F3N3O. The van der Waals surface area contributed by atoms with Gasteiger partial charge >= 0.3 is 6.18 Å². The van der Waals surface area contributed by atoms with Gasteiger partial charge in [-0.1, -0.05) is 18.1 Å². The molecule has 3 rings (SSSR count). The predicted molar refractivity (Wildman–Crippen MR) is 99.6 cm³/mol. The molecule has 0 radical (unpaired) electrons. The molecule has 1 amide bonds. The second-order valence-electron chi connectivity index (χ2n) is 5.92. The van der Waals surface area contributed by atoms with Crippen LogP contribution < -0.4 is 4.90 Å². The van der Waals surface area contributed by atoms with Gasteiger partial charge in [-0.05, 0) is 36.4 Å². The zero-order chi connectivity index (χ0) is 20.3. The Kier molecular flexibility index (Phi) is 5.14. The van der Waals surface area contributed by atoms with Crippen LogP contribution in [0.5, 0.6) is 0 Å². The molecule has 0 saturated heterocycles. The minimum absolute atomic E-state index is 0.0703. The van der Waals surface area contributed by atoms with Gasteiger partial charge in [0, 0.05) is 23.9 Å². The Balaban J connectivity index is 1.86. The molecule has 0 aliphatic rings. The van der Waals surface area contributed by atoms with E-state index in [0.29, 0.717) is 22.5 Å². The van der Waals surface area contributed by atoms with E-state index in [0.717, 1.165) is 12.1 Å². The van der Waals surface area contributed by atoms with Crippen LogP contribution in [0, 0.1) is 12.3 Å². The fourth-order valence-corrected chi connectivity index (χ4v) is 2.51. The first kappa shape index (κ1) is 19.1. The number of amides is 1. The summed E-state index contributed by atoms with van der Waals surface area (Å²) in [5.74, 6) is 2.09. The summed E-state index contributed by atoms with van der Waals surface area (Å²) in [4.78, 5) is 22.3. The summed E-state index contributed by atoms with van der Waals surface area (Å²) < 4.78 is 38.1. The quantitative estimate of drug-likeness (QED) is 0.631. The number of hydrogen-bond donors (Lipinski definition) is 0. The first-order valence-electron chi connectivity index (χ1n) is 8.14. The predicted octanol–water partition coefficient (Wildman–Crippen LogP) is 4.42. The van der Waals surface area contributed by atoms with Crippen molar-refractivity contribution in [1.82, 2.24) is 9.97 Å². The molecule has 140 valence electrons. The summed E-state index contributed by atoms with van der Waals surface area (Å²) in [7, 11) is 1.58. The summed E-state index contributed by atoms with van der Waals surface area (Å²) in [6, 6.07) is 11.4. The van der Waals surface area contributed by atoms with Crippen LogP contribution in [-0.4, -0.2) is 22.9 Å². The van der Waals surface area contributed by atoms with Crippen molar-refractivity contribution >= 4 is 11.6 Å². The van der Waals surface area contributed by atoms with Gasteiger partial charge in [-0.25, -0.2) is 4.98 Å². The van der Waals surface area contributed by atoms with Crippen molar-refractivity contribution in [2.75, 3.05) is 11.9 Å². The van der Waals surface area contributed by atoms with Crippen LogP contribution in [0.3, 0.4) is 0 Å². The Hall–Kier alpha value is -3.66. The molecule has 0 N–H and O–H groups in total. The number of aromatic nitrogens is 2. The Bertz CT molecular complexity index is 1040. The third-order valence-corrected chi connectivity index (χ3v) is 4.09. The largest absolute Gasteiger partial charge is 0.416 e. The molecule has 0 aliphatic heterocycles. The Morgan fingerprint density at radius 2 is 1.68 bits per heavy atom. The third-order valence-electron chi connectivity index (χ3n) is 4.09. The number of halogens is 3. The van der Waals surface area contributed by atoms with Crippen LogP contribution in [0.15, 0.2) is 60.9 Å². The van der Waals surface area contributed by atoms with Gasteiger partial charge in [0.15, 0.2) is 0 Å². The molecule has 0 unspecified atom stereocenters. The van der Waals surface area contributed by atoms with Gasteiger partial charge in [0.05, 0.1) is 23.7 Å². The maximum absolute atomic E-state index is 12.7. The van der Waals surface area contributed by atoms with Crippen LogP contribution in [0.1, 0.15) is 21.6 Å². The second-order valence-corrected chi connectivity index (χ2v) is 5.92. The van der Waals surface area contributed by atoms with E-state index in [9.17, 15) is 18.0 Å². The lowest BCUT2D eigenvalue weighted by Gasteiger charge is -2.17. The molecule has 0 bridgehead atoms. The normalized spacial score (nSPS) is 11.0. The average Bonchev–Trinajstić information content (AvgIpc) is 2.72. The minimum atomic E-state index is -4.42. The van der Waals surface area contributed by atoms with E-state index in [1.807, 2.05) is 0 Å². The Morgan fingerprint density at radius 3 is 2.25 bits per heavy atom. The number of benzene rings is 2. The van der Waals surface area contributed by atoms with E-state index >= 15 is 0 Å². The summed E-state index contributed by atoms with van der Waals surface area (Å²) >= 11 is 0. The highest BCUT2D eigenvalue weighted by atomic mass is 19.4. The van der Waals surface area contributed by atoms with Crippen molar-refractivity contribution in [3.05, 3.63) is 77.7 Å². The van der Waals surface area contributed by atoms with Gasteiger partial charge in [0.2, 0.25) is 0 Å². The van der Waals surface area contributed by atoms with Crippen molar-refractivity contribution in [2.45, 2.75) is 6.18 Å². The molecule has 3 aromatic rings. The molecule has 4 nitrogen and oxygen atoms in total. The first-order valence-corrected chi connectivity index (χ1v) is 8.14. The number of rotatable bonds is 3. The van der Waals surface area contributed by atoms with Crippen molar-refractivity contribution < 1.29 is 18.0 Å². The topological polar surface area (TPSA) is 46.1 Å². The first-order chi connectivity index (χ1) is 13.3. The molecule has 0 spiro atoms. The van der Waals surface area contributed by atoms with E-state index in [1.54, 1.807) is 31.3 Å². The van der Waals surface area contributed by atoms with E-state index in [1.165, 1.54) is 29.4 Å². The zero-order valence-electron chi connectivity index (χ0n) is 14.7. The monoisotopic (exact) mass is 381 g/mol. The van der Waals surface area contributed by atoms with Crippen molar-refractivity contribution in [2.24, 2.45) is 0 Å². The molecule has 0 atom stereocenters. The lowest BCUT2D eigenvalue weighted by molar-refractivity contribution is -0.137. The molecular weight excluding hydrogens is 367 g/mol. The molecule has 1 heterocycles. The maximum atomic E-state index is 12.7. The lowest BCUT2D eigenvalue weighted by atomic mass is 10.1. The van der Waals surface area contributed by atoms with E-state index in [2.05, 4.69) is 15.9 Å². The van der Waals surface area contributed by atoms with E-state index in [-0.39, 0.29) is 5.69 Å². The maximum Gasteiger partial charge on any atom is 0.416 e. The van der Waals surface area contributed by atoms with Crippen LogP contribution in [-0.2, 0) is 6.18 Å². The van der Waals surface area contributed by atoms with Crippen LogP contribution in [0.2, 0.25) is 0 Å². The molecule has 1 aromatic heterocycles. The molecule has 7 heteroatoms. The zero-order valence-corrected chi connectivity index (χ0v) is 14.7. The smallest absolute Gasteiger partial charge is 0.310 e. The van der Waals surface area contributed by atoms with Crippen LogP contribution >= 0.6 is 0 Å². The number of nitrogens with zero attached hydrogens (tertiary/aromatic N) is 3. The van der Waals surface area contributed by atoms with Crippen molar-refractivity contribution in [1.29, 1.82) is 0 Å². The van der Waals surface area contributed by atoms with Gasteiger partial charge in [-0.2, -0.15) is 13.2 Å². The SMILES string of the molecule is C#Cc1ccc(N(C)C(=O)c2cncc(-c3ccc(C(F)(F)F)cc3)n2)cc1. The summed E-state index contributed by atoms with van der Waals surface area (Å²) in [5, 5.41) is 0. The number of hydrogen-bond acceptors (Lipinski definition) is 3. The second kappa shape index (κ2) is 7.53. The van der Waals surface area contributed by atoms with E-state index in [4.69, 9.17) is 6.42 Å². The fraction of sp³-hybridized carbons (Fsp3) is 0.0952. The summed E-state index contributed by atoms with van der Waals surface area (Å²) in [6.45, 7) is 0. The fourth-order valence-electron chi connectivity index (χ4n) is 2.51. The minimum Gasteiger partial charge on any atom is -0.310 e. The van der Waals surface area contributed by atoms with Gasteiger partial charge in [-0.15, -0.1) is 6.42 Å². The van der Waals surface area contributed by atoms with Crippen molar-refractivity contribution in [3.8, 4) is 23.6 Å². The highest BCUT2D eigenvalue weighted by Crippen LogP contribution is 2.30. The van der Waals surface area contributed by atoms with Gasteiger partial charge in [0.25, 0.3) is 5.91 Å². The molecule has 0 saturated carbocycles. The number of carbonyl (C=O) groups excluding carboxylic acids is 1. The molecule has 0 aliphatic carbocycles. The van der Waals surface area contributed by atoms with Gasteiger partial charge in [-0.3, -0.25) is 9.78 Å². The standard InChI is InChI=1S/C21H14F3N3O/c1-3-14-4-10-17(11-5-14)27(2)20(28)19-13-25-12-18(26-19)15-6-8-16(9-7-15)21(22,23)24/h1,4-13H,2H3. The van der Waals surface area contributed by atoms with E-state index < -0.39 is 17.6 Å². The molecule has 0 fully saturated rings. The molecule has 2 aromatic carbocycles. The number of anilines is 1.